The van der Waals surface area contributed by atoms with Crippen molar-refractivity contribution < 1.29 is 39.6 Å². The summed E-state index contributed by atoms with van der Waals surface area (Å²) in [6, 6.07) is 7.94. The molecule has 2 atom stereocenters. The van der Waals surface area contributed by atoms with Gasteiger partial charge in [0.05, 0.1) is 21.5 Å². The average Bonchev–Trinajstić information content (AvgIpc) is 2.75. The van der Waals surface area contributed by atoms with E-state index in [0.29, 0.717) is 11.5 Å². The number of alkyl halides is 6. The zero-order valence-corrected chi connectivity index (χ0v) is 19.5. The van der Waals surface area contributed by atoms with Gasteiger partial charge in [-0.3, -0.25) is 14.5 Å². The van der Waals surface area contributed by atoms with Crippen LogP contribution < -0.4 is 4.72 Å². The predicted octanol–water partition coefficient (Wildman–Crippen LogP) is 6.31. The number of allylic oxidation sites excluding steroid dienone is 3. The first kappa shape index (κ1) is 26.7. The second-order valence-electron chi connectivity index (χ2n) is 8.50. The van der Waals surface area contributed by atoms with Crippen molar-refractivity contribution in [2.45, 2.75) is 45.5 Å². The number of sulfonamides is 1. The molecule has 0 radical (unpaired) electrons. The Morgan fingerprint density at radius 2 is 1.80 bits per heavy atom. The standard InChI is InChI=1S/C23H22F6N2O3S/c1-3-14(12-19(32)22(24,25)26)16-13-21(2,23(27,28)29)10-9-18(16)35(33,34)31-17-8-4-6-15-7-5-11-30-20(15)17/h4-9,11,13-14,31H,3,10,12H2,1-2H3. The quantitative estimate of drug-likeness (QED) is 0.435. The summed E-state index contributed by atoms with van der Waals surface area (Å²) in [5.74, 6) is -3.55. The Bertz CT molecular complexity index is 1290. The molecule has 1 N–H and O–H groups in total. The Morgan fingerprint density at radius 3 is 2.40 bits per heavy atom. The van der Waals surface area contributed by atoms with E-state index in [0.717, 1.165) is 13.0 Å². The van der Waals surface area contributed by atoms with Crippen molar-refractivity contribution in [1.29, 1.82) is 0 Å². The number of carbonyl (C=O) groups is 1. The van der Waals surface area contributed by atoms with Crippen LogP contribution in [0.1, 0.15) is 33.1 Å². The van der Waals surface area contributed by atoms with Crippen LogP contribution >= 0.6 is 0 Å². The van der Waals surface area contributed by atoms with Gasteiger partial charge in [0, 0.05) is 18.0 Å². The summed E-state index contributed by atoms with van der Waals surface area (Å²) < 4.78 is 109. The van der Waals surface area contributed by atoms with Crippen LogP contribution in [0.2, 0.25) is 0 Å². The van der Waals surface area contributed by atoms with Crippen LogP contribution in [0, 0.1) is 11.3 Å². The van der Waals surface area contributed by atoms with E-state index in [-0.39, 0.29) is 17.6 Å². The van der Waals surface area contributed by atoms with Gasteiger partial charge in [0.1, 0.15) is 0 Å². The van der Waals surface area contributed by atoms with Crippen LogP contribution in [0.5, 0.6) is 0 Å². The van der Waals surface area contributed by atoms with Gasteiger partial charge in [-0.05, 0) is 43.4 Å². The maximum absolute atomic E-state index is 13.8. The third-order valence-corrected chi connectivity index (χ3v) is 7.43. The second-order valence-corrected chi connectivity index (χ2v) is 10.2. The number of halogens is 6. The van der Waals surface area contributed by atoms with Gasteiger partial charge in [-0.25, -0.2) is 8.42 Å². The second kappa shape index (κ2) is 9.29. The number of pyridine rings is 1. The maximum Gasteiger partial charge on any atom is 0.449 e. The van der Waals surface area contributed by atoms with Crippen LogP contribution in [0.3, 0.4) is 0 Å². The number of benzene rings is 1. The Labute approximate surface area is 198 Å². The lowest BCUT2D eigenvalue weighted by Gasteiger charge is -2.35. The number of ketones is 1. The zero-order chi connectivity index (χ0) is 26.2. The molecule has 1 aromatic carbocycles. The molecule has 0 fully saturated rings. The number of nitrogens with one attached hydrogen (secondary N) is 1. The summed E-state index contributed by atoms with van der Waals surface area (Å²) >= 11 is 0. The summed E-state index contributed by atoms with van der Waals surface area (Å²) in [4.78, 5) is 15.2. The molecule has 1 heterocycles. The molecule has 5 nitrogen and oxygen atoms in total. The van der Waals surface area contributed by atoms with Crippen molar-refractivity contribution in [3.8, 4) is 0 Å². The number of hydrogen-bond donors (Lipinski definition) is 1. The predicted molar refractivity (Wildman–Crippen MR) is 119 cm³/mol. The van der Waals surface area contributed by atoms with Crippen LogP contribution in [0.25, 0.3) is 10.9 Å². The van der Waals surface area contributed by atoms with Crippen LogP contribution in [-0.4, -0.2) is 31.5 Å². The SMILES string of the molecule is CCC(CC(=O)C(F)(F)F)C1=CC(C)(C(F)(F)F)CC=C1S(=O)(=O)Nc1cccc2cccnc12. The number of fused-ring (bicyclic) bond motifs is 1. The van der Waals surface area contributed by atoms with E-state index in [1.807, 2.05) is 0 Å². The fraction of sp³-hybridized carbons (Fsp3) is 0.391. The van der Waals surface area contributed by atoms with Gasteiger partial charge in [-0.15, -0.1) is 0 Å². The topological polar surface area (TPSA) is 76.1 Å². The molecule has 0 saturated carbocycles. The third-order valence-electron chi connectivity index (χ3n) is 5.96. The van der Waals surface area contributed by atoms with E-state index in [1.54, 1.807) is 24.3 Å². The highest BCUT2D eigenvalue weighted by atomic mass is 32.2. The van der Waals surface area contributed by atoms with Gasteiger partial charge < -0.3 is 0 Å². The minimum atomic E-state index is -5.20. The average molecular weight is 520 g/mol. The molecule has 1 aromatic heterocycles. The van der Waals surface area contributed by atoms with Crippen molar-refractivity contribution in [2.75, 3.05) is 4.72 Å². The molecule has 12 heteroatoms. The number of nitrogens with zero attached hydrogens (tertiary/aromatic N) is 1. The highest BCUT2D eigenvalue weighted by molar-refractivity contribution is 7.96. The molecule has 0 amide bonds. The van der Waals surface area contributed by atoms with Crippen LogP contribution in [0.15, 0.2) is 59.2 Å². The molecule has 0 aliphatic heterocycles. The highest BCUT2D eigenvalue weighted by Crippen LogP contribution is 2.49. The van der Waals surface area contributed by atoms with Crippen LogP contribution in [-0.2, 0) is 14.8 Å². The molecule has 0 spiro atoms. The van der Waals surface area contributed by atoms with Crippen LogP contribution in [0.4, 0.5) is 32.0 Å². The van der Waals surface area contributed by atoms with E-state index in [2.05, 4.69) is 9.71 Å². The van der Waals surface area contributed by atoms with Gasteiger partial charge in [-0.1, -0.05) is 37.3 Å². The number of Topliss-reactive ketones (excluding diaryl/α,β-unsaturated/α-hetero) is 1. The number of hydrogen-bond acceptors (Lipinski definition) is 4. The molecule has 1 aliphatic rings. The largest absolute Gasteiger partial charge is 0.449 e. The molecule has 35 heavy (non-hydrogen) atoms. The van der Waals surface area contributed by atoms with Crippen molar-refractivity contribution in [1.82, 2.24) is 4.98 Å². The van der Waals surface area contributed by atoms with E-state index in [9.17, 15) is 39.6 Å². The Balaban J connectivity index is 2.08. The highest BCUT2D eigenvalue weighted by Gasteiger charge is 2.52. The summed E-state index contributed by atoms with van der Waals surface area (Å²) in [5.41, 5.74) is -2.67. The molecule has 190 valence electrons. The number of rotatable bonds is 7. The van der Waals surface area contributed by atoms with Crippen molar-refractivity contribution >= 4 is 32.4 Å². The normalized spacial score (nSPS) is 20.2. The molecule has 1 aliphatic carbocycles. The molecule has 2 unspecified atom stereocenters. The fourth-order valence-corrected chi connectivity index (χ4v) is 5.28. The fourth-order valence-electron chi connectivity index (χ4n) is 3.88. The molecular formula is C23H22F6N2O3S. The summed E-state index contributed by atoms with van der Waals surface area (Å²) in [7, 11) is -4.56. The van der Waals surface area contributed by atoms with Gasteiger partial charge in [-0.2, -0.15) is 26.3 Å². The minimum absolute atomic E-state index is 0.0481. The first-order valence-corrected chi connectivity index (χ1v) is 12.0. The lowest BCUT2D eigenvalue weighted by atomic mass is 9.76. The number of carbonyl (C=O) groups excluding carboxylic acids is 1. The van der Waals surface area contributed by atoms with Gasteiger partial charge in [0.15, 0.2) is 0 Å². The van der Waals surface area contributed by atoms with E-state index in [4.69, 9.17) is 0 Å². The lowest BCUT2D eigenvalue weighted by Crippen LogP contribution is -2.37. The summed E-state index contributed by atoms with van der Waals surface area (Å²) in [6.45, 7) is 2.20. The Morgan fingerprint density at radius 1 is 1.14 bits per heavy atom. The molecule has 0 saturated heterocycles. The van der Waals surface area contributed by atoms with Gasteiger partial charge >= 0.3 is 12.4 Å². The Kier molecular flexibility index (Phi) is 7.09. The number of aromatic nitrogens is 1. The maximum atomic E-state index is 13.8. The van der Waals surface area contributed by atoms with Crippen molar-refractivity contribution in [3.05, 3.63) is 59.2 Å². The van der Waals surface area contributed by atoms with E-state index >= 15 is 0 Å². The first-order chi connectivity index (χ1) is 16.1. The molecule has 0 bridgehead atoms. The lowest BCUT2D eigenvalue weighted by molar-refractivity contribution is -0.199. The number of anilines is 1. The van der Waals surface area contributed by atoms with E-state index < -0.39 is 62.8 Å². The molecular weight excluding hydrogens is 498 g/mol. The zero-order valence-electron chi connectivity index (χ0n) is 18.7. The van der Waals surface area contributed by atoms with Crippen molar-refractivity contribution in [3.63, 3.8) is 0 Å². The minimum Gasteiger partial charge on any atom is -0.290 e. The number of para-hydroxylation sites is 1. The first-order valence-electron chi connectivity index (χ1n) is 10.6. The monoisotopic (exact) mass is 520 g/mol. The van der Waals surface area contributed by atoms with Gasteiger partial charge in [0.2, 0.25) is 5.78 Å². The third kappa shape index (κ3) is 5.52. The van der Waals surface area contributed by atoms with E-state index in [1.165, 1.54) is 19.2 Å². The molecule has 2 aromatic rings. The summed E-state index contributed by atoms with van der Waals surface area (Å²) in [5, 5.41) is 0.591. The van der Waals surface area contributed by atoms with Gasteiger partial charge in [0.25, 0.3) is 10.0 Å². The summed E-state index contributed by atoms with van der Waals surface area (Å²) in [6.07, 6.45) is -9.20. The van der Waals surface area contributed by atoms with Crippen molar-refractivity contribution in [2.24, 2.45) is 11.3 Å². The molecule has 3 rings (SSSR count). The smallest absolute Gasteiger partial charge is 0.290 e. The Hall–Kier alpha value is -2.89.